The number of amides is 1. The molecule has 0 unspecified atom stereocenters. The van der Waals surface area contributed by atoms with E-state index in [1.165, 1.54) is 36.1 Å². The van der Waals surface area contributed by atoms with Crippen molar-refractivity contribution in [2.75, 3.05) is 44.3 Å². The number of morpholine rings is 1. The van der Waals surface area contributed by atoms with Crippen LogP contribution in [0.2, 0.25) is 0 Å². The third-order valence-corrected chi connectivity index (χ3v) is 8.54. The van der Waals surface area contributed by atoms with Gasteiger partial charge in [-0.15, -0.1) is 0 Å². The summed E-state index contributed by atoms with van der Waals surface area (Å²) in [5.41, 5.74) is 5.67. The van der Waals surface area contributed by atoms with Crippen LogP contribution in [0, 0.1) is 0 Å². The highest BCUT2D eigenvalue weighted by Crippen LogP contribution is 2.25. The number of phenols is 1. The molecule has 2 heterocycles. The number of benzene rings is 3. The molecule has 1 N–H and O–H groups in total. The number of carbonyl (C=O) groups excluding carboxylic acids is 1. The van der Waals surface area contributed by atoms with E-state index in [2.05, 4.69) is 58.0 Å². The molecule has 0 bridgehead atoms. The Labute approximate surface area is 245 Å². The van der Waals surface area contributed by atoms with E-state index in [1.807, 2.05) is 24.3 Å². The molecule has 6 nitrogen and oxygen atoms in total. The zero-order chi connectivity index (χ0) is 28.4. The van der Waals surface area contributed by atoms with Crippen LogP contribution < -0.4 is 4.90 Å². The lowest BCUT2D eigenvalue weighted by Crippen LogP contribution is -2.46. The molecule has 6 heteroatoms. The topological polar surface area (TPSA) is 56.2 Å². The van der Waals surface area contributed by atoms with Crippen LogP contribution in [0.5, 0.6) is 5.75 Å². The number of likely N-dealkylation sites (tertiary alicyclic amines) is 1. The number of hydrogen-bond acceptors (Lipinski definition) is 5. The van der Waals surface area contributed by atoms with Gasteiger partial charge in [0.2, 0.25) is 0 Å². The summed E-state index contributed by atoms with van der Waals surface area (Å²) < 4.78 is 5.51. The standard InChI is InChI=1S/C35H45N3O3/c1-2-3-4-5-28-6-12-31(13-7-28)35(40)38(27-30-8-14-32(15-9-30)37-22-24-41-25-23-37)33-18-20-36(21-19-33)26-29-10-16-34(39)17-11-29/h6-17,33,39H,2-5,18-27H2,1H3. The maximum Gasteiger partial charge on any atom is 0.254 e. The first-order valence-corrected chi connectivity index (χ1v) is 15.4. The Morgan fingerprint density at radius 3 is 2.12 bits per heavy atom. The maximum atomic E-state index is 14.0. The molecule has 0 atom stereocenters. The summed E-state index contributed by atoms with van der Waals surface area (Å²) in [4.78, 5) is 20.9. The number of hydrogen-bond donors (Lipinski definition) is 1. The number of aryl methyl sites for hydroxylation is 1. The first kappa shape index (κ1) is 29.2. The third-order valence-electron chi connectivity index (χ3n) is 8.54. The average molecular weight is 556 g/mol. The van der Waals surface area contributed by atoms with Crippen molar-refractivity contribution in [1.29, 1.82) is 0 Å². The molecule has 218 valence electrons. The van der Waals surface area contributed by atoms with Crippen molar-refractivity contribution >= 4 is 11.6 Å². The third kappa shape index (κ3) is 8.11. The Bertz CT molecular complexity index is 1210. The number of aromatic hydroxyl groups is 1. The average Bonchev–Trinajstić information content (AvgIpc) is 3.02. The second-order valence-corrected chi connectivity index (χ2v) is 11.5. The lowest BCUT2D eigenvalue weighted by atomic mass is 9.99. The Balaban J connectivity index is 1.27. The van der Waals surface area contributed by atoms with Crippen LogP contribution in [0.3, 0.4) is 0 Å². The van der Waals surface area contributed by atoms with Crippen LogP contribution >= 0.6 is 0 Å². The summed E-state index contributed by atoms with van der Waals surface area (Å²) in [7, 11) is 0. The summed E-state index contributed by atoms with van der Waals surface area (Å²) in [6.45, 7) is 8.97. The fraction of sp³-hybridized carbons (Fsp3) is 0.457. The first-order valence-electron chi connectivity index (χ1n) is 15.4. The van der Waals surface area contributed by atoms with Crippen LogP contribution in [0.1, 0.15) is 66.1 Å². The summed E-state index contributed by atoms with van der Waals surface area (Å²) in [6.07, 6.45) is 6.62. The number of unbranched alkanes of at least 4 members (excludes halogenated alkanes) is 2. The number of ether oxygens (including phenoxy) is 1. The molecule has 3 aromatic carbocycles. The van der Waals surface area contributed by atoms with E-state index in [0.29, 0.717) is 12.3 Å². The molecule has 1 amide bonds. The number of piperidine rings is 1. The lowest BCUT2D eigenvalue weighted by Gasteiger charge is -2.39. The van der Waals surface area contributed by atoms with Gasteiger partial charge in [0.1, 0.15) is 5.75 Å². The molecule has 2 saturated heterocycles. The quantitative estimate of drug-likeness (QED) is 0.283. The largest absolute Gasteiger partial charge is 0.508 e. The van der Waals surface area contributed by atoms with Gasteiger partial charge in [-0.05, 0) is 78.8 Å². The van der Waals surface area contributed by atoms with Gasteiger partial charge in [0, 0.05) is 56.6 Å². The van der Waals surface area contributed by atoms with Crippen LogP contribution in [-0.4, -0.2) is 66.2 Å². The summed E-state index contributed by atoms with van der Waals surface area (Å²) in [5, 5.41) is 9.61. The molecule has 0 aromatic heterocycles. The van der Waals surface area contributed by atoms with Gasteiger partial charge >= 0.3 is 0 Å². The maximum absolute atomic E-state index is 14.0. The van der Waals surface area contributed by atoms with Crippen molar-refractivity contribution in [3.05, 3.63) is 95.1 Å². The second-order valence-electron chi connectivity index (χ2n) is 11.5. The Hall–Kier alpha value is -3.35. The molecule has 41 heavy (non-hydrogen) atoms. The van der Waals surface area contributed by atoms with Gasteiger partial charge in [-0.3, -0.25) is 9.69 Å². The predicted molar refractivity (Wildman–Crippen MR) is 165 cm³/mol. The van der Waals surface area contributed by atoms with Gasteiger partial charge in [0.25, 0.3) is 5.91 Å². The van der Waals surface area contributed by atoms with E-state index in [4.69, 9.17) is 4.74 Å². The Morgan fingerprint density at radius 2 is 1.46 bits per heavy atom. The minimum Gasteiger partial charge on any atom is -0.508 e. The zero-order valence-electron chi connectivity index (χ0n) is 24.5. The van der Waals surface area contributed by atoms with Crippen molar-refractivity contribution in [1.82, 2.24) is 9.80 Å². The molecule has 0 radical (unpaired) electrons. The molecule has 0 spiro atoms. The highest BCUT2D eigenvalue weighted by atomic mass is 16.5. The van der Waals surface area contributed by atoms with Gasteiger partial charge in [0.15, 0.2) is 0 Å². The molecular weight excluding hydrogens is 510 g/mol. The van der Waals surface area contributed by atoms with Gasteiger partial charge < -0.3 is 19.6 Å². The highest BCUT2D eigenvalue weighted by Gasteiger charge is 2.29. The number of phenolic OH excluding ortho intramolecular Hbond substituents is 1. The second kappa shape index (κ2) is 14.5. The fourth-order valence-corrected chi connectivity index (χ4v) is 6.00. The molecular formula is C35H45N3O3. The molecule has 2 aliphatic rings. The first-order chi connectivity index (χ1) is 20.1. The molecule has 0 aliphatic carbocycles. The molecule has 0 saturated carbocycles. The van der Waals surface area contributed by atoms with Crippen molar-refractivity contribution in [3.8, 4) is 5.75 Å². The van der Waals surface area contributed by atoms with E-state index < -0.39 is 0 Å². The zero-order valence-corrected chi connectivity index (χ0v) is 24.5. The molecule has 3 aromatic rings. The van der Waals surface area contributed by atoms with Crippen molar-refractivity contribution < 1.29 is 14.6 Å². The van der Waals surface area contributed by atoms with Crippen LogP contribution in [0.25, 0.3) is 0 Å². The normalized spacial score (nSPS) is 16.6. The van der Waals surface area contributed by atoms with Gasteiger partial charge in [-0.25, -0.2) is 0 Å². The van der Waals surface area contributed by atoms with E-state index in [9.17, 15) is 9.90 Å². The van der Waals surface area contributed by atoms with Crippen molar-refractivity contribution in [3.63, 3.8) is 0 Å². The minimum absolute atomic E-state index is 0.124. The van der Waals surface area contributed by atoms with Crippen molar-refractivity contribution in [2.45, 2.75) is 64.6 Å². The van der Waals surface area contributed by atoms with E-state index in [1.54, 1.807) is 12.1 Å². The summed E-state index contributed by atoms with van der Waals surface area (Å²) in [5.74, 6) is 0.424. The fourth-order valence-electron chi connectivity index (χ4n) is 6.00. The molecule has 5 rings (SSSR count). The van der Waals surface area contributed by atoms with Crippen LogP contribution in [-0.2, 0) is 24.2 Å². The molecule has 2 aliphatic heterocycles. The summed E-state index contributed by atoms with van der Waals surface area (Å²) in [6, 6.07) is 24.7. The predicted octanol–water partition coefficient (Wildman–Crippen LogP) is 6.27. The van der Waals surface area contributed by atoms with E-state index >= 15 is 0 Å². The number of rotatable bonds is 11. The Morgan fingerprint density at radius 1 is 0.829 bits per heavy atom. The van der Waals surface area contributed by atoms with Gasteiger partial charge in [-0.1, -0.05) is 56.2 Å². The minimum atomic E-state index is 0.124. The number of carbonyl (C=O) groups is 1. The van der Waals surface area contributed by atoms with E-state index in [0.717, 1.165) is 76.3 Å². The molecule has 2 fully saturated rings. The van der Waals surface area contributed by atoms with Gasteiger partial charge in [-0.2, -0.15) is 0 Å². The van der Waals surface area contributed by atoms with Crippen molar-refractivity contribution in [2.24, 2.45) is 0 Å². The van der Waals surface area contributed by atoms with Crippen LogP contribution in [0.4, 0.5) is 5.69 Å². The summed E-state index contributed by atoms with van der Waals surface area (Å²) >= 11 is 0. The van der Waals surface area contributed by atoms with E-state index in [-0.39, 0.29) is 11.9 Å². The van der Waals surface area contributed by atoms with Crippen LogP contribution in [0.15, 0.2) is 72.8 Å². The number of nitrogens with zero attached hydrogens (tertiary/aromatic N) is 3. The highest BCUT2D eigenvalue weighted by molar-refractivity contribution is 5.94. The monoisotopic (exact) mass is 555 g/mol. The van der Waals surface area contributed by atoms with Gasteiger partial charge in [0.05, 0.1) is 13.2 Å². The SMILES string of the molecule is CCCCCc1ccc(C(=O)N(Cc2ccc(N3CCOCC3)cc2)C2CCN(Cc3ccc(O)cc3)CC2)cc1. The Kier molecular flexibility index (Phi) is 10.3. The lowest BCUT2D eigenvalue weighted by molar-refractivity contribution is 0.0543. The smallest absolute Gasteiger partial charge is 0.254 e. The number of anilines is 1.